The summed E-state index contributed by atoms with van der Waals surface area (Å²) in [7, 11) is 0. The van der Waals surface area contributed by atoms with E-state index in [4.69, 9.17) is 5.73 Å². The fourth-order valence-electron chi connectivity index (χ4n) is 2.05. The standard InChI is InChI=1S/C16H21N3OS.2ClH/c1-2-16-19-13(11-21-16)9-10-18-15(20)8-7-12-5-3-4-6-14(12)17;;/h3-6,11H,2,7-10,17H2,1H3,(H,18,20);2*1H. The van der Waals surface area contributed by atoms with E-state index in [1.54, 1.807) is 11.3 Å². The fraction of sp³-hybridized carbons (Fsp3) is 0.375. The minimum atomic E-state index is 0. The second-order valence-electron chi connectivity index (χ2n) is 4.88. The number of thiazole rings is 1. The van der Waals surface area contributed by atoms with Gasteiger partial charge in [-0.3, -0.25) is 4.79 Å². The second kappa shape index (κ2) is 11.3. The SMILES string of the molecule is CCc1nc(CCNC(=O)CCc2ccccc2N)cs1.Cl.Cl. The molecule has 3 N–H and O–H groups in total. The number of anilines is 1. The molecule has 4 nitrogen and oxygen atoms in total. The van der Waals surface area contributed by atoms with Crippen LogP contribution in [0.4, 0.5) is 5.69 Å². The first-order valence-corrected chi connectivity index (χ1v) is 8.10. The molecule has 128 valence electrons. The van der Waals surface area contributed by atoms with Crippen LogP contribution in [0.1, 0.15) is 29.6 Å². The van der Waals surface area contributed by atoms with Gasteiger partial charge in [0.25, 0.3) is 0 Å². The molecule has 0 aliphatic rings. The van der Waals surface area contributed by atoms with Gasteiger partial charge in [0.15, 0.2) is 0 Å². The van der Waals surface area contributed by atoms with E-state index < -0.39 is 0 Å². The molecule has 1 aromatic heterocycles. The lowest BCUT2D eigenvalue weighted by molar-refractivity contribution is -0.121. The first-order chi connectivity index (χ1) is 10.2. The van der Waals surface area contributed by atoms with Gasteiger partial charge in [-0.25, -0.2) is 4.98 Å². The number of para-hydroxylation sites is 1. The number of rotatable bonds is 7. The summed E-state index contributed by atoms with van der Waals surface area (Å²) < 4.78 is 0. The summed E-state index contributed by atoms with van der Waals surface area (Å²) in [4.78, 5) is 16.3. The van der Waals surface area contributed by atoms with Crippen LogP contribution in [0.25, 0.3) is 0 Å². The van der Waals surface area contributed by atoms with Crippen LogP contribution in [0, 0.1) is 0 Å². The van der Waals surface area contributed by atoms with Crippen molar-refractivity contribution in [3.63, 3.8) is 0 Å². The van der Waals surface area contributed by atoms with Crippen molar-refractivity contribution in [1.29, 1.82) is 0 Å². The summed E-state index contributed by atoms with van der Waals surface area (Å²) in [6.07, 6.45) is 2.89. The van der Waals surface area contributed by atoms with Gasteiger partial charge in [0.05, 0.1) is 10.7 Å². The van der Waals surface area contributed by atoms with Crippen LogP contribution in [-0.4, -0.2) is 17.4 Å². The molecule has 7 heteroatoms. The van der Waals surface area contributed by atoms with Gasteiger partial charge in [0, 0.05) is 30.5 Å². The average Bonchev–Trinajstić information content (AvgIpc) is 2.94. The molecule has 0 bridgehead atoms. The Labute approximate surface area is 153 Å². The van der Waals surface area contributed by atoms with Crippen molar-refractivity contribution in [1.82, 2.24) is 10.3 Å². The number of benzene rings is 1. The van der Waals surface area contributed by atoms with Gasteiger partial charge in [-0.05, 0) is 24.5 Å². The highest BCUT2D eigenvalue weighted by atomic mass is 35.5. The summed E-state index contributed by atoms with van der Waals surface area (Å²) in [5.74, 6) is 0.0594. The molecule has 0 aliphatic carbocycles. The number of carbonyl (C=O) groups excluding carboxylic acids is 1. The summed E-state index contributed by atoms with van der Waals surface area (Å²) in [6.45, 7) is 2.73. The quantitative estimate of drug-likeness (QED) is 0.728. The third kappa shape index (κ3) is 7.20. The topological polar surface area (TPSA) is 68.0 Å². The number of aryl methyl sites for hydroxylation is 2. The van der Waals surface area contributed by atoms with Crippen molar-refractivity contribution in [2.45, 2.75) is 32.6 Å². The van der Waals surface area contributed by atoms with E-state index in [9.17, 15) is 4.79 Å². The lowest BCUT2D eigenvalue weighted by Crippen LogP contribution is -2.26. The average molecular weight is 376 g/mol. The van der Waals surface area contributed by atoms with Crippen molar-refractivity contribution in [3.8, 4) is 0 Å². The number of amides is 1. The van der Waals surface area contributed by atoms with E-state index in [0.29, 0.717) is 19.4 Å². The van der Waals surface area contributed by atoms with Crippen molar-refractivity contribution in [2.24, 2.45) is 0 Å². The normalized spacial score (nSPS) is 9.61. The zero-order valence-corrected chi connectivity index (χ0v) is 15.5. The van der Waals surface area contributed by atoms with Crippen LogP contribution < -0.4 is 11.1 Å². The van der Waals surface area contributed by atoms with E-state index in [1.165, 1.54) is 0 Å². The second-order valence-corrected chi connectivity index (χ2v) is 5.83. The Hall–Kier alpha value is -1.30. The number of nitrogens with one attached hydrogen (secondary N) is 1. The molecule has 1 heterocycles. The predicted octanol–water partition coefficient (Wildman–Crippen LogP) is 3.42. The molecule has 0 fully saturated rings. The first-order valence-electron chi connectivity index (χ1n) is 7.22. The van der Waals surface area contributed by atoms with Gasteiger partial charge in [-0.1, -0.05) is 25.1 Å². The van der Waals surface area contributed by atoms with Crippen molar-refractivity contribution >= 4 is 47.7 Å². The molecular formula is C16H23Cl2N3OS. The first kappa shape index (κ1) is 21.7. The molecule has 0 unspecified atom stereocenters. The molecule has 0 saturated heterocycles. The molecule has 0 radical (unpaired) electrons. The summed E-state index contributed by atoms with van der Waals surface area (Å²) >= 11 is 1.68. The van der Waals surface area contributed by atoms with Gasteiger partial charge in [-0.2, -0.15) is 0 Å². The van der Waals surface area contributed by atoms with E-state index >= 15 is 0 Å². The monoisotopic (exact) mass is 375 g/mol. The molecule has 1 aromatic carbocycles. The predicted molar refractivity (Wildman–Crippen MR) is 102 cm³/mol. The van der Waals surface area contributed by atoms with Gasteiger partial charge >= 0.3 is 0 Å². The van der Waals surface area contributed by atoms with Gasteiger partial charge < -0.3 is 11.1 Å². The fourth-order valence-corrected chi connectivity index (χ4v) is 2.83. The third-order valence-electron chi connectivity index (χ3n) is 3.28. The van der Waals surface area contributed by atoms with E-state index in [1.807, 2.05) is 24.3 Å². The van der Waals surface area contributed by atoms with Crippen LogP contribution >= 0.6 is 36.2 Å². The van der Waals surface area contributed by atoms with Crippen LogP contribution in [0.5, 0.6) is 0 Å². The third-order valence-corrected chi connectivity index (χ3v) is 4.32. The Kier molecular flexibility index (Phi) is 10.6. The number of carbonyl (C=O) groups is 1. The van der Waals surface area contributed by atoms with Crippen LogP contribution in [0.2, 0.25) is 0 Å². The van der Waals surface area contributed by atoms with Gasteiger partial charge in [0.2, 0.25) is 5.91 Å². The Morgan fingerprint density at radius 2 is 2.00 bits per heavy atom. The number of aromatic nitrogens is 1. The highest BCUT2D eigenvalue weighted by molar-refractivity contribution is 7.09. The van der Waals surface area contributed by atoms with Crippen molar-refractivity contribution in [2.75, 3.05) is 12.3 Å². The summed E-state index contributed by atoms with van der Waals surface area (Å²) in [5.41, 5.74) is 8.70. The highest BCUT2D eigenvalue weighted by Crippen LogP contribution is 2.12. The van der Waals surface area contributed by atoms with Gasteiger partial charge in [0.1, 0.15) is 0 Å². The molecule has 0 atom stereocenters. The summed E-state index contributed by atoms with van der Waals surface area (Å²) in [6, 6.07) is 7.67. The molecule has 2 rings (SSSR count). The Bertz CT molecular complexity index is 605. The number of nitrogens with zero attached hydrogens (tertiary/aromatic N) is 1. The molecule has 23 heavy (non-hydrogen) atoms. The minimum Gasteiger partial charge on any atom is -0.399 e. The summed E-state index contributed by atoms with van der Waals surface area (Å²) in [5, 5.41) is 6.15. The molecular weight excluding hydrogens is 353 g/mol. The highest BCUT2D eigenvalue weighted by Gasteiger charge is 2.05. The lowest BCUT2D eigenvalue weighted by Gasteiger charge is -2.06. The maximum Gasteiger partial charge on any atom is 0.220 e. The molecule has 2 aromatic rings. The van der Waals surface area contributed by atoms with E-state index in [2.05, 4.69) is 22.6 Å². The lowest BCUT2D eigenvalue weighted by atomic mass is 10.1. The maximum atomic E-state index is 11.8. The number of nitrogen functional groups attached to an aromatic ring is 1. The van der Waals surface area contributed by atoms with E-state index in [0.717, 1.165) is 34.8 Å². The van der Waals surface area contributed by atoms with Crippen LogP contribution in [0.3, 0.4) is 0 Å². The maximum absolute atomic E-state index is 11.8. The number of hydrogen-bond donors (Lipinski definition) is 2. The molecule has 0 aliphatic heterocycles. The Morgan fingerprint density at radius 3 is 2.65 bits per heavy atom. The molecule has 0 spiro atoms. The number of hydrogen-bond acceptors (Lipinski definition) is 4. The van der Waals surface area contributed by atoms with Crippen LogP contribution in [-0.2, 0) is 24.1 Å². The smallest absolute Gasteiger partial charge is 0.220 e. The van der Waals surface area contributed by atoms with Crippen LogP contribution in [0.15, 0.2) is 29.6 Å². The molecule has 0 saturated carbocycles. The van der Waals surface area contributed by atoms with Crippen molar-refractivity contribution < 1.29 is 4.79 Å². The Balaban J connectivity index is 0.00000242. The zero-order valence-electron chi connectivity index (χ0n) is 13.1. The minimum absolute atomic E-state index is 0. The van der Waals surface area contributed by atoms with E-state index in [-0.39, 0.29) is 30.7 Å². The number of halogens is 2. The van der Waals surface area contributed by atoms with Crippen molar-refractivity contribution in [3.05, 3.63) is 45.9 Å². The molecule has 1 amide bonds. The largest absolute Gasteiger partial charge is 0.399 e. The zero-order chi connectivity index (χ0) is 15.1. The van der Waals surface area contributed by atoms with Gasteiger partial charge in [-0.15, -0.1) is 36.2 Å². The number of nitrogens with two attached hydrogens (primary N) is 1. The Morgan fingerprint density at radius 1 is 1.26 bits per heavy atom.